The van der Waals surface area contributed by atoms with Crippen LogP contribution in [0, 0.1) is 0 Å². The zero-order chi connectivity index (χ0) is 10.7. The first-order valence-corrected chi connectivity index (χ1v) is 6.11. The molecule has 0 aliphatic rings. The van der Waals surface area contributed by atoms with Crippen molar-refractivity contribution >= 4 is 15.7 Å². The zero-order valence-electron chi connectivity index (χ0n) is 7.99. The van der Waals surface area contributed by atoms with Crippen LogP contribution in [-0.4, -0.2) is 31.1 Å². The van der Waals surface area contributed by atoms with Crippen LogP contribution in [-0.2, 0) is 9.73 Å². The van der Waals surface area contributed by atoms with E-state index in [9.17, 15) is 4.21 Å². The maximum Gasteiger partial charge on any atom is 0.297 e. The summed E-state index contributed by atoms with van der Waals surface area (Å²) in [4.78, 5) is 0.648. The van der Waals surface area contributed by atoms with Crippen LogP contribution in [0.4, 0.5) is 5.95 Å². The lowest BCUT2D eigenvalue weighted by Gasteiger charge is -2.01. The summed E-state index contributed by atoms with van der Waals surface area (Å²) in [5.41, 5.74) is 0. The molecule has 0 saturated carbocycles. The maximum atomic E-state index is 12.2. The molecule has 0 spiro atoms. The summed E-state index contributed by atoms with van der Waals surface area (Å²) in [7, 11) is -2.49. The average Bonchev–Trinajstić information content (AvgIpc) is 2.71. The molecule has 0 saturated heterocycles. The van der Waals surface area contributed by atoms with E-state index in [1.54, 1.807) is 18.4 Å². The van der Waals surface area contributed by atoms with Crippen molar-refractivity contribution in [3.8, 4) is 0 Å². The highest BCUT2D eigenvalue weighted by atomic mass is 32.2. The maximum absolute atomic E-state index is 12.2. The fraction of sp³-hybridized carbons (Fsp3) is 0.125. The third kappa shape index (κ3) is 2.18. The van der Waals surface area contributed by atoms with E-state index < -0.39 is 9.73 Å². The van der Waals surface area contributed by atoms with E-state index in [2.05, 4.69) is 25.0 Å². The lowest BCUT2D eigenvalue weighted by Crippen LogP contribution is -1.96. The summed E-state index contributed by atoms with van der Waals surface area (Å²) in [6.07, 6.45) is 1.54. The van der Waals surface area contributed by atoms with E-state index in [0.29, 0.717) is 4.90 Å². The lowest BCUT2D eigenvalue weighted by molar-refractivity contribution is 0.680. The zero-order valence-corrected chi connectivity index (χ0v) is 8.81. The highest BCUT2D eigenvalue weighted by Gasteiger charge is 2.06. The molecule has 7 heteroatoms. The van der Waals surface area contributed by atoms with E-state index in [1.807, 2.05) is 18.2 Å². The van der Waals surface area contributed by atoms with Crippen molar-refractivity contribution in [2.75, 3.05) is 6.26 Å². The van der Waals surface area contributed by atoms with Crippen LogP contribution in [0.15, 0.2) is 39.6 Å². The summed E-state index contributed by atoms with van der Waals surface area (Å²) in [5, 5.41) is 12.9. The van der Waals surface area contributed by atoms with Crippen molar-refractivity contribution in [1.29, 1.82) is 0 Å². The Kier molecular flexibility index (Phi) is 2.46. The van der Waals surface area contributed by atoms with Crippen molar-refractivity contribution in [3.05, 3.63) is 30.3 Å². The Labute approximate surface area is 86.9 Å². The van der Waals surface area contributed by atoms with E-state index in [1.165, 1.54) is 0 Å². The molecule has 2 rings (SSSR count). The molecule has 1 aromatic heterocycles. The number of hydrogen-bond donors (Lipinski definition) is 1. The molecule has 0 fully saturated rings. The van der Waals surface area contributed by atoms with Gasteiger partial charge in [-0.05, 0) is 17.3 Å². The molecule has 0 bridgehead atoms. The van der Waals surface area contributed by atoms with Crippen molar-refractivity contribution in [3.63, 3.8) is 0 Å². The SMILES string of the molecule is CS(=O)(=Nc1nn[nH]n1)c1ccccc1. The first-order chi connectivity index (χ1) is 7.18. The summed E-state index contributed by atoms with van der Waals surface area (Å²) in [6.45, 7) is 0. The summed E-state index contributed by atoms with van der Waals surface area (Å²) in [6, 6.07) is 8.99. The Morgan fingerprint density at radius 2 is 2.07 bits per heavy atom. The molecule has 2 aromatic rings. The van der Waals surface area contributed by atoms with Crippen molar-refractivity contribution in [2.24, 2.45) is 4.36 Å². The molecule has 1 aromatic carbocycles. The summed E-state index contributed by atoms with van der Waals surface area (Å²) < 4.78 is 16.1. The topological polar surface area (TPSA) is 83.9 Å². The number of benzene rings is 1. The summed E-state index contributed by atoms with van der Waals surface area (Å²) >= 11 is 0. The number of rotatable bonds is 2. The Bertz CT molecular complexity index is 542. The van der Waals surface area contributed by atoms with Crippen LogP contribution < -0.4 is 0 Å². The number of tetrazole rings is 1. The molecule has 1 N–H and O–H groups in total. The van der Waals surface area contributed by atoms with Gasteiger partial charge >= 0.3 is 0 Å². The van der Waals surface area contributed by atoms with Gasteiger partial charge in [-0.15, -0.1) is 5.10 Å². The predicted molar refractivity (Wildman–Crippen MR) is 55.0 cm³/mol. The van der Waals surface area contributed by atoms with E-state index in [-0.39, 0.29) is 5.95 Å². The van der Waals surface area contributed by atoms with Crippen molar-refractivity contribution in [1.82, 2.24) is 20.6 Å². The van der Waals surface area contributed by atoms with Gasteiger partial charge in [-0.3, -0.25) is 0 Å². The van der Waals surface area contributed by atoms with Gasteiger partial charge in [0, 0.05) is 11.2 Å². The van der Waals surface area contributed by atoms with Gasteiger partial charge in [0.15, 0.2) is 0 Å². The van der Waals surface area contributed by atoms with Gasteiger partial charge < -0.3 is 0 Å². The predicted octanol–water partition coefficient (Wildman–Crippen LogP) is 0.988. The number of aromatic amines is 1. The van der Waals surface area contributed by atoms with Crippen LogP contribution in [0.2, 0.25) is 0 Å². The third-order valence-corrected chi connectivity index (χ3v) is 3.43. The molecular weight excluding hydrogens is 214 g/mol. The smallest absolute Gasteiger partial charge is 0.245 e. The minimum absolute atomic E-state index is 0.103. The van der Waals surface area contributed by atoms with Gasteiger partial charge in [-0.2, -0.15) is 9.58 Å². The molecule has 6 nitrogen and oxygen atoms in total. The highest BCUT2D eigenvalue weighted by Crippen LogP contribution is 2.14. The highest BCUT2D eigenvalue weighted by molar-refractivity contribution is 7.93. The molecule has 15 heavy (non-hydrogen) atoms. The number of nitrogens with one attached hydrogen (secondary N) is 1. The normalized spacial score (nSPS) is 14.5. The Hall–Kier alpha value is -1.76. The molecule has 0 radical (unpaired) electrons. The molecule has 78 valence electrons. The van der Waals surface area contributed by atoms with Gasteiger partial charge in [0.25, 0.3) is 5.95 Å². The van der Waals surface area contributed by atoms with Crippen molar-refractivity contribution < 1.29 is 4.21 Å². The Morgan fingerprint density at radius 3 is 2.67 bits per heavy atom. The quantitative estimate of drug-likeness (QED) is 0.822. The minimum atomic E-state index is -2.49. The molecule has 0 aliphatic carbocycles. The molecule has 1 unspecified atom stereocenters. The monoisotopic (exact) mass is 223 g/mol. The van der Waals surface area contributed by atoms with E-state index in [0.717, 1.165) is 0 Å². The van der Waals surface area contributed by atoms with Gasteiger partial charge in [0.2, 0.25) is 0 Å². The van der Waals surface area contributed by atoms with Crippen LogP contribution in [0.1, 0.15) is 0 Å². The largest absolute Gasteiger partial charge is 0.297 e. The van der Waals surface area contributed by atoms with Crippen LogP contribution in [0.5, 0.6) is 0 Å². The fourth-order valence-electron chi connectivity index (χ4n) is 1.08. The van der Waals surface area contributed by atoms with E-state index in [4.69, 9.17) is 0 Å². The van der Waals surface area contributed by atoms with E-state index >= 15 is 0 Å². The number of hydrogen-bond acceptors (Lipinski definition) is 5. The van der Waals surface area contributed by atoms with Gasteiger partial charge in [-0.25, -0.2) is 4.21 Å². The van der Waals surface area contributed by atoms with Crippen LogP contribution >= 0.6 is 0 Å². The fourth-order valence-corrected chi connectivity index (χ4v) is 2.23. The second kappa shape index (κ2) is 3.77. The number of H-pyrrole nitrogens is 1. The first kappa shape index (κ1) is 9.78. The molecule has 0 aliphatic heterocycles. The molecule has 1 atom stereocenters. The lowest BCUT2D eigenvalue weighted by atomic mass is 10.4. The van der Waals surface area contributed by atoms with Gasteiger partial charge in [0.05, 0.1) is 9.73 Å². The number of aromatic nitrogens is 4. The third-order valence-electron chi connectivity index (χ3n) is 1.77. The second-order valence-electron chi connectivity index (χ2n) is 2.92. The summed E-state index contributed by atoms with van der Waals surface area (Å²) in [5.74, 6) is 0.103. The molecular formula is C8H9N5OS. The number of nitrogens with zero attached hydrogens (tertiary/aromatic N) is 4. The Morgan fingerprint density at radius 1 is 1.33 bits per heavy atom. The van der Waals surface area contributed by atoms with Gasteiger partial charge in [-0.1, -0.05) is 23.3 Å². The Balaban J connectivity index is 2.49. The first-order valence-electron chi connectivity index (χ1n) is 4.19. The standard InChI is InChI=1S/C8H9N5OS/c1-15(14,7-5-3-2-4-6-7)11-8-9-12-13-10-8/h2-6H,1H3,(H,9,10,12,13). The second-order valence-corrected chi connectivity index (χ2v) is 5.18. The van der Waals surface area contributed by atoms with Crippen LogP contribution in [0.25, 0.3) is 0 Å². The minimum Gasteiger partial charge on any atom is -0.245 e. The van der Waals surface area contributed by atoms with Crippen molar-refractivity contribution in [2.45, 2.75) is 4.90 Å². The molecule has 1 heterocycles. The van der Waals surface area contributed by atoms with Gasteiger partial charge in [0.1, 0.15) is 0 Å². The van der Waals surface area contributed by atoms with Crippen LogP contribution in [0.3, 0.4) is 0 Å². The molecule has 0 amide bonds. The average molecular weight is 223 g/mol.